The van der Waals surface area contributed by atoms with Crippen molar-refractivity contribution in [3.8, 4) is 0 Å². The second kappa shape index (κ2) is 6.64. The van der Waals surface area contributed by atoms with E-state index in [1.165, 1.54) is 21.6 Å². The van der Waals surface area contributed by atoms with Crippen molar-refractivity contribution in [2.45, 2.75) is 26.9 Å². The van der Waals surface area contributed by atoms with Gasteiger partial charge in [-0.2, -0.15) is 0 Å². The minimum absolute atomic E-state index is 0.734. The van der Waals surface area contributed by atoms with Gasteiger partial charge in [0, 0.05) is 30.4 Å². The van der Waals surface area contributed by atoms with Crippen LogP contribution < -0.4 is 5.32 Å². The first-order valence-electron chi connectivity index (χ1n) is 8.19. The van der Waals surface area contributed by atoms with Gasteiger partial charge in [0.15, 0.2) is 0 Å². The van der Waals surface area contributed by atoms with Gasteiger partial charge in [0.1, 0.15) is 17.0 Å². The van der Waals surface area contributed by atoms with Gasteiger partial charge in [0.05, 0.1) is 11.7 Å². The topological polar surface area (TPSA) is 55.6 Å². The molecule has 0 spiro atoms. The summed E-state index contributed by atoms with van der Waals surface area (Å²) < 4.78 is 2.07. The lowest BCUT2D eigenvalue weighted by Crippen LogP contribution is -2.04. The van der Waals surface area contributed by atoms with Gasteiger partial charge < -0.3 is 9.88 Å². The lowest BCUT2D eigenvalue weighted by Gasteiger charge is -2.09. The lowest BCUT2D eigenvalue weighted by atomic mass is 10.1. The van der Waals surface area contributed by atoms with E-state index in [0.717, 1.165) is 29.1 Å². The first-order chi connectivity index (χ1) is 12.2. The van der Waals surface area contributed by atoms with Crippen LogP contribution in [-0.4, -0.2) is 19.5 Å². The summed E-state index contributed by atoms with van der Waals surface area (Å²) in [6.07, 6.45) is 7.25. The van der Waals surface area contributed by atoms with Crippen LogP contribution in [0.4, 0.5) is 5.82 Å². The molecule has 25 heavy (non-hydrogen) atoms. The Bertz CT molecular complexity index is 1000. The number of fused-ring (bicyclic) bond motifs is 1. The number of benzene rings is 1. The molecule has 4 rings (SSSR count). The number of thiophene rings is 1. The van der Waals surface area contributed by atoms with Gasteiger partial charge in [-0.15, -0.1) is 11.3 Å². The summed E-state index contributed by atoms with van der Waals surface area (Å²) in [5, 5.41) is 4.62. The van der Waals surface area contributed by atoms with Crippen molar-refractivity contribution in [2.75, 3.05) is 5.32 Å². The zero-order valence-corrected chi connectivity index (χ0v) is 15.0. The monoisotopic (exact) mass is 349 g/mol. The summed E-state index contributed by atoms with van der Waals surface area (Å²) >= 11 is 1.72. The summed E-state index contributed by atoms with van der Waals surface area (Å²) in [5.41, 5.74) is 3.75. The van der Waals surface area contributed by atoms with E-state index in [0.29, 0.717) is 0 Å². The molecule has 0 unspecified atom stereocenters. The molecule has 0 radical (unpaired) electrons. The summed E-state index contributed by atoms with van der Waals surface area (Å²) in [6.45, 7) is 5.83. The Kier molecular flexibility index (Phi) is 4.19. The van der Waals surface area contributed by atoms with E-state index in [9.17, 15) is 0 Å². The van der Waals surface area contributed by atoms with Crippen LogP contribution in [-0.2, 0) is 13.1 Å². The zero-order chi connectivity index (χ0) is 17.2. The van der Waals surface area contributed by atoms with Gasteiger partial charge in [0.25, 0.3) is 0 Å². The highest BCUT2D eigenvalue weighted by atomic mass is 32.1. The van der Waals surface area contributed by atoms with Crippen molar-refractivity contribution in [1.29, 1.82) is 0 Å². The maximum atomic E-state index is 4.45. The molecule has 0 aliphatic heterocycles. The van der Waals surface area contributed by atoms with Crippen molar-refractivity contribution < 1.29 is 0 Å². The molecule has 0 saturated heterocycles. The molecule has 4 aromatic rings. The Labute approximate surface area is 150 Å². The Balaban J connectivity index is 1.54. The largest absolute Gasteiger partial charge is 0.365 e. The van der Waals surface area contributed by atoms with Gasteiger partial charge in [-0.05, 0) is 30.5 Å². The molecule has 0 amide bonds. The second-order valence-corrected chi connectivity index (χ2v) is 7.30. The van der Waals surface area contributed by atoms with Gasteiger partial charge in [0.2, 0.25) is 0 Å². The molecule has 3 heterocycles. The Morgan fingerprint density at radius 3 is 2.88 bits per heavy atom. The number of rotatable bonds is 5. The number of hydrogen-bond acceptors (Lipinski definition) is 5. The molecule has 5 nitrogen and oxygen atoms in total. The van der Waals surface area contributed by atoms with E-state index in [2.05, 4.69) is 62.9 Å². The molecule has 0 fully saturated rings. The van der Waals surface area contributed by atoms with E-state index >= 15 is 0 Å². The fourth-order valence-electron chi connectivity index (χ4n) is 2.93. The average Bonchev–Trinajstić information content (AvgIpc) is 3.22. The highest BCUT2D eigenvalue weighted by Crippen LogP contribution is 2.32. The van der Waals surface area contributed by atoms with E-state index in [1.54, 1.807) is 23.9 Å². The fraction of sp³-hybridized carbons (Fsp3) is 0.211. The van der Waals surface area contributed by atoms with E-state index in [1.807, 2.05) is 12.5 Å². The third-order valence-corrected chi connectivity index (χ3v) is 5.46. The first-order valence-corrected chi connectivity index (χ1v) is 9.00. The third kappa shape index (κ3) is 3.25. The van der Waals surface area contributed by atoms with Gasteiger partial charge in [-0.3, -0.25) is 0 Å². The quantitative estimate of drug-likeness (QED) is 0.588. The normalized spacial score (nSPS) is 11.1. The maximum Gasteiger partial charge on any atom is 0.138 e. The molecule has 0 saturated carbocycles. The SMILES string of the molecule is Cc1sc2ncnc(NCc3cccc(Cn4ccnc4)c3)c2c1C. The van der Waals surface area contributed by atoms with Crippen molar-refractivity contribution in [2.24, 2.45) is 0 Å². The third-order valence-electron chi connectivity index (χ3n) is 4.34. The predicted molar refractivity (Wildman–Crippen MR) is 102 cm³/mol. The van der Waals surface area contributed by atoms with E-state index < -0.39 is 0 Å². The number of nitrogens with zero attached hydrogens (tertiary/aromatic N) is 4. The minimum Gasteiger partial charge on any atom is -0.365 e. The van der Waals surface area contributed by atoms with Crippen LogP contribution in [0, 0.1) is 13.8 Å². The van der Waals surface area contributed by atoms with Crippen molar-refractivity contribution >= 4 is 27.4 Å². The molecule has 0 aliphatic rings. The Morgan fingerprint density at radius 2 is 2.04 bits per heavy atom. The number of hydrogen-bond donors (Lipinski definition) is 1. The molecular formula is C19H19N5S. The van der Waals surface area contributed by atoms with Crippen molar-refractivity contribution in [1.82, 2.24) is 19.5 Å². The van der Waals surface area contributed by atoms with Gasteiger partial charge in [-0.25, -0.2) is 15.0 Å². The molecule has 0 bridgehead atoms. The van der Waals surface area contributed by atoms with E-state index in [4.69, 9.17) is 0 Å². The molecule has 1 N–H and O–H groups in total. The smallest absolute Gasteiger partial charge is 0.138 e. The number of nitrogens with one attached hydrogen (secondary N) is 1. The van der Waals surface area contributed by atoms with E-state index in [-0.39, 0.29) is 0 Å². The molecule has 6 heteroatoms. The standard InChI is InChI=1S/C19H19N5S/c1-13-14(2)25-19-17(13)18(22-11-23-19)21-9-15-4-3-5-16(8-15)10-24-7-6-20-12-24/h3-8,11-12H,9-10H2,1-2H3,(H,21,22,23). The van der Waals surface area contributed by atoms with Crippen LogP contribution >= 0.6 is 11.3 Å². The van der Waals surface area contributed by atoms with Crippen LogP contribution in [0.3, 0.4) is 0 Å². The van der Waals surface area contributed by atoms with Gasteiger partial charge >= 0.3 is 0 Å². The molecule has 0 aliphatic carbocycles. The summed E-state index contributed by atoms with van der Waals surface area (Å²) in [7, 11) is 0. The summed E-state index contributed by atoms with van der Waals surface area (Å²) in [6, 6.07) is 8.59. The molecule has 3 aromatic heterocycles. The molecule has 1 aromatic carbocycles. The van der Waals surface area contributed by atoms with Crippen LogP contribution in [0.1, 0.15) is 21.6 Å². The Hall–Kier alpha value is -2.73. The lowest BCUT2D eigenvalue weighted by molar-refractivity contribution is 0.796. The Morgan fingerprint density at radius 1 is 1.16 bits per heavy atom. The molecular weight excluding hydrogens is 330 g/mol. The molecule has 0 atom stereocenters. The number of aryl methyl sites for hydroxylation is 2. The summed E-state index contributed by atoms with van der Waals surface area (Å²) in [5.74, 6) is 0.909. The number of anilines is 1. The van der Waals surface area contributed by atoms with Crippen LogP contribution in [0.2, 0.25) is 0 Å². The summed E-state index contributed by atoms with van der Waals surface area (Å²) in [4.78, 5) is 15.3. The molecule has 126 valence electrons. The number of aromatic nitrogens is 4. The predicted octanol–water partition coefficient (Wildman–Crippen LogP) is 4.17. The van der Waals surface area contributed by atoms with Crippen LogP contribution in [0.15, 0.2) is 49.3 Å². The maximum absolute atomic E-state index is 4.45. The highest BCUT2D eigenvalue weighted by Gasteiger charge is 2.11. The van der Waals surface area contributed by atoms with Crippen molar-refractivity contribution in [3.63, 3.8) is 0 Å². The van der Waals surface area contributed by atoms with Crippen LogP contribution in [0.25, 0.3) is 10.2 Å². The number of imidazole rings is 1. The fourth-order valence-corrected chi connectivity index (χ4v) is 3.93. The van der Waals surface area contributed by atoms with Gasteiger partial charge in [-0.1, -0.05) is 24.3 Å². The zero-order valence-electron chi connectivity index (χ0n) is 14.2. The van der Waals surface area contributed by atoms with Crippen LogP contribution in [0.5, 0.6) is 0 Å². The first kappa shape index (κ1) is 15.8. The highest BCUT2D eigenvalue weighted by molar-refractivity contribution is 7.18. The van der Waals surface area contributed by atoms with Crippen molar-refractivity contribution in [3.05, 3.63) is 70.9 Å². The second-order valence-electron chi connectivity index (χ2n) is 6.09. The minimum atomic E-state index is 0.734. The average molecular weight is 349 g/mol.